The molecule has 5 heteroatoms. The van der Waals surface area contributed by atoms with Crippen molar-refractivity contribution < 1.29 is 4.79 Å². The van der Waals surface area contributed by atoms with Crippen LogP contribution in [0.1, 0.15) is 46.9 Å². The summed E-state index contributed by atoms with van der Waals surface area (Å²) in [7, 11) is 0. The number of amides is 1. The molecular weight excluding hydrogens is 348 g/mol. The molecule has 0 saturated carbocycles. The van der Waals surface area contributed by atoms with Crippen LogP contribution >= 0.6 is 0 Å². The number of carbonyl (C=O) groups excluding carboxylic acids is 1. The molecule has 1 aliphatic rings. The molecule has 5 nitrogen and oxygen atoms in total. The van der Waals surface area contributed by atoms with E-state index in [-0.39, 0.29) is 5.91 Å². The van der Waals surface area contributed by atoms with Crippen molar-refractivity contribution in [1.82, 2.24) is 15.1 Å². The highest BCUT2D eigenvalue weighted by molar-refractivity contribution is 5.92. The molecule has 0 unspecified atom stereocenters. The van der Waals surface area contributed by atoms with Crippen LogP contribution in [-0.4, -0.2) is 27.5 Å². The van der Waals surface area contributed by atoms with Crippen LogP contribution in [0.3, 0.4) is 0 Å². The quantitative estimate of drug-likeness (QED) is 0.730. The molecular formula is C23H24N4O. The van der Waals surface area contributed by atoms with Gasteiger partial charge in [0.25, 0.3) is 5.91 Å². The SMILES string of the molecule is CC(C)c1ccc(Nc2ccc(C(=O)N3CCc4ccccc4C3)nn2)cc1. The number of aromatic nitrogens is 2. The molecule has 0 radical (unpaired) electrons. The van der Waals surface area contributed by atoms with E-state index in [1.54, 1.807) is 12.1 Å². The Balaban J connectivity index is 1.42. The molecule has 2 aromatic carbocycles. The zero-order valence-electron chi connectivity index (χ0n) is 16.2. The molecule has 28 heavy (non-hydrogen) atoms. The third-order valence-electron chi connectivity index (χ3n) is 5.15. The second-order valence-electron chi connectivity index (χ2n) is 7.45. The average molecular weight is 372 g/mol. The van der Waals surface area contributed by atoms with Gasteiger partial charge in [-0.2, -0.15) is 0 Å². The van der Waals surface area contributed by atoms with Gasteiger partial charge in [0.2, 0.25) is 0 Å². The maximum Gasteiger partial charge on any atom is 0.274 e. The molecule has 0 fully saturated rings. The molecule has 0 atom stereocenters. The molecule has 142 valence electrons. The average Bonchev–Trinajstić information content (AvgIpc) is 2.74. The van der Waals surface area contributed by atoms with E-state index in [9.17, 15) is 4.79 Å². The maximum absolute atomic E-state index is 12.8. The third kappa shape index (κ3) is 3.88. The van der Waals surface area contributed by atoms with E-state index in [1.165, 1.54) is 16.7 Å². The Hall–Kier alpha value is -3.21. The Morgan fingerprint density at radius 2 is 1.71 bits per heavy atom. The smallest absolute Gasteiger partial charge is 0.274 e. The van der Waals surface area contributed by atoms with E-state index in [2.05, 4.69) is 53.6 Å². The van der Waals surface area contributed by atoms with Gasteiger partial charge in [0.05, 0.1) is 0 Å². The monoisotopic (exact) mass is 372 g/mol. The summed E-state index contributed by atoms with van der Waals surface area (Å²) in [4.78, 5) is 14.6. The summed E-state index contributed by atoms with van der Waals surface area (Å²) >= 11 is 0. The summed E-state index contributed by atoms with van der Waals surface area (Å²) in [6.07, 6.45) is 0.876. The van der Waals surface area contributed by atoms with Crippen molar-refractivity contribution in [2.45, 2.75) is 32.7 Å². The summed E-state index contributed by atoms with van der Waals surface area (Å²) in [5.74, 6) is 1.05. The highest BCUT2D eigenvalue weighted by Gasteiger charge is 2.22. The van der Waals surface area contributed by atoms with Crippen molar-refractivity contribution in [3.05, 3.63) is 83.0 Å². The van der Waals surface area contributed by atoms with Gasteiger partial charge in [0.15, 0.2) is 11.5 Å². The Morgan fingerprint density at radius 1 is 0.964 bits per heavy atom. The van der Waals surface area contributed by atoms with Crippen LogP contribution in [0.25, 0.3) is 0 Å². The first-order valence-electron chi connectivity index (χ1n) is 9.67. The molecule has 0 spiro atoms. The normalized spacial score (nSPS) is 13.3. The first-order chi connectivity index (χ1) is 13.6. The van der Waals surface area contributed by atoms with Crippen molar-refractivity contribution >= 4 is 17.4 Å². The molecule has 4 rings (SSSR count). The molecule has 0 bridgehead atoms. The molecule has 1 amide bonds. The third-order valence-corrected chi connectivity index (χ3v) is 5.15. The van der Waals surface area contributed by atoms with Crippen LogP contribution in [0.4, 0.5) is 11.5 Å². The summed E-state index contributed by atoms with van der Waals surface area (Å²) in [5, 5.41) is 11.6. The van der Waals surface area contributed by atoms with Gasteiger partial charge in [-0.05, 0) is 53.3 Å². The van der Waals surface area contributed by atoms with Gasteiger partial charge in [0, 0.05) is 18.8 Å². The number of hydrogen-bond acceptors (Lipinski definition) is 4. The number of fused-ring (bicyclic) bond motifs is 1. The Bertz CT molecular complexity index is 965. The fraction of sp³-hybridized carbons (Fsp3) is 0.261. The van der Waals surface area contributed by atoms with E-state index in [1.807, 2.05) is 29.2 Å². The fourth-order valence-corrected chi connectivity index (χ4v) is 3.44. The molecule has 3 aromatic rings. The first-order valence-corrected chi connectivity index (χ1v) is 9.67. The van der Waals surface area contributed by atoms with Gasteiger partial charge < -0.3 is 10.2 Å². The minimum Gasteiger partial charge on any atom is -0.339 e. The van der Waals surface area contributed by atoms with E-state index in [4.69, 9.17) is 0 Å². The largest absolute Gasteiger partial charge is 0.339 e. The Morgan fingerprint density at radius 3 is 2.39 bits per heavy atom. The van der Waals surface area contributed by atoms with Crippen molar-refractivity contribution in [2.75, 3.05) is 11.9 Å². The fourth-order valence-electron chi connectivity index (χ4n) is 3.44. The number of benzene rings is 2. The van der Waals surface area contributed by atoms with Crippen LogP contribution in [-0.2, 0) is 13.0 Å². The van der Waals surface area contributed by atoms with Crippen molar-refractivity contribution in [3.63, 3.8) is 0 Å². The summed E-state index contributed by atoms with van der Waals surface area (Å²) in [6.45, 7) is 5.67. The van der Waals surface area contributed by atoms with Crippen LogP contribution in [0.2, 0.25) is 0 Å². The van der Waals surface area contributed by atoms with E-state index in [0.717, 1.165) is 12.1 Å². The maximum atomic E-state index is 12.8. The van der Waals surface area contributed by atoms with Gasteiger partial charge >= 0.3 is 0 Å². The van der Waals surface area contributed by atoms with Gasteiger partial charge in [-0.25, -0.2) is 0 Å². The Kier molecular flexibility index (Phi) is 5.06. The van der Waals surface area contributed by atoms with Crippen molar-refractivity contribution in [1.29, 1.82) is 0 Å². The first kappa shape index (κ1) is 18.2. The molecule has 1 aliphatic heterocycles. The topological polar surface area (TPSA) is 58.1 Å². The number of carbonyl (C=O) groups is 1. The minimum atomic E-state index is -0.0742. The number of nitrogens with one attached hydrogen (secondary N) is 1. The summed E-state index contributed by atoms with van der Waals surface area (Å²) < 4.78 is 0. The predicted octanol–water partition coefficient (Wildman–Crippen LogP) is 4.54. The van der Waals surface area contributed by atoms with Crippen LogP contribution in [0.5, 0.6) is 0 Å². The van der Waals surface area contributed by atoms with Gasteiger partial charge in [-0.1, -0.05) is 50.2 Å². The molecule has 2 heterocycles. The highest BCUT2D eigenvalue weighted by atomic mass is 16.2. The molecule has 0 aliphatic carbocycles. The number of rotatable bonds is 4. The van der Waals surface area contributed by atoms with Crippen LogP contribution in [0.15, 0.2) is 60.7 Å². The summed E-state index contributed by atoms with van der Waals surface area (Å²) in [6, 6.07) is 20.1. The molecule has 1 N–H and O–H groups in total. The lowest BCUT2D eigenvalue weighted by Crippen LogP contribution is -2.36. The number of hydrogen-bond donors (Lipinski definition) is 1. The van der Waals surface area contributed by atoms with Crippen LogP contribution < -0.4 is 5.32 Å². The van der Waals surface area contributed by atoms with Gasteiger partial charge in [-0.15, -0.1) is 10.2 Å². The van der Waals surface area contributed by atoms with E-state index < -0.39 is 0 Å². The van der Waals surface area contributed by atoms with Gasteiger partial charge in [-0.3, -0.25) is 4.79 Å². The molecule has 1 aromatic heterocycles. The second-order valence-corrected chi connectivity index (χ2v) is 7.45. The lowest BCUT2D eigenvalue weighted by atomic mass is 10.00. The highest BCUT2D eigenvalue weighted by Crippen LogP contribution is 2.21. The van der Waals surface area contributed by atoms with E-state index >= 15 is 0 Å². The van der Waals surface area contributed by atoms with Gasteiger partial charge in [0.1, 0.15) is 0 Å². The predicted molar refractivity (Wildman–Crippen MR) is 111 cm³/mol. The standard InChI is InChI=1S/C23H24N4O/c1-16(2)17-7-9-20(10-8-17)24-22-12-11-21(25-26-22)23(28)27-14-13-18-5-3-4-6-19(18)15-27/h3-12,16H,13-15H2,1-2H3,(H,24,26). The second kappa shape index (κ2) is 7.80. The lowest BCUT2D eigenvalue weighted by Gasteiger charge is -2.28. The minimum absolute atomic E-state index is 0.0742. The molecule has 0 saturated heterocycles. The Labute approximate surface area is 165 Å². The van der Waals surface area contributed by atoms with Crippen molar-refractivity contribution in [3.8, 4) is 0 Å². The zero-order valence-corrected chi connectivity index (χ0v) is 16.2. The van der Waals surface area contributed by atoms with Crippen LogP contribution in [0, 0.1) is 0 Å². The zero-order chi connectivity index (χ0) is 19.5. The van der Waals surface area contributed by atoms with Crippen molar-refractivity contribution in [2.24, 2.45) is 0 Å². The summed E-state index contributed by atoms with van der Waals surface area (Å²) in [5.41, 5.74) is 5.14. The van der Waals surface area contributed by atoms with E-state index in [0.29, 0.717) is 30.5 Å². The number of anilines is 2. The lowest BCUT2D eigenvalue weighted by molar-refractivity contribution is 0.0727. The number of nitrogens with zero attached hydrogens (tertiary/aromatic N) is 3.